The summed E-state index contributed by atoms with van der Waals surface area (Å²) in [7, 11) is 0. The average Bonchev–Trinajstić information content (AvgIpc) is 2.42. The molecule has 0 saturated heterocycles. The molecule has 0 radical (unpaired) electrons. The summed E-state index contributed by atoms with van der Waals surface area (Å²) in [4.78, 5) is 11.8. The van der Waals surface area contributed by atoms with Gasteiger partial charge in [-0.05, 0) is 43.9 Å². The fourth-order valence-electron chi connectivity index (χ4n) is 2.30. The van der Waals surface area contributed by atoms with Crippen molar-refractivity contribution in [2.45, 2.75) is 44.4 Å². The van der Waals surface area contributed by atoms with E-state index in [0.717, 1.165) is 6.42 Å². The topological polar surface area (TPSA) is 70.6 Å². The minimum absolute atomic E-state index is 0.0466. The van der Waals surface area contributed by atoms with E-state index in [1.54, 1.807) is 19.1 Å². The van der Waals surface area contributed by atoms with Crippen LogP contribution in [0.3, 0.4) is 0 Å². The van der Waals surface area contributed by atoms with Crippen LogP contribution < -0.4 is 15.4 Å². The number of rotatable bonds is 6. The van der Waals surface area contributed by atoms with Gasteiger partial charge < -0.3 is 20.5 Å². The number of ether oxygens (including phenoxy) is 1. The van der Waals surface area contributed by atoms with Crippen LogP contribution in [0.25, 0.3) is 0 Å². The van der Waals surface area contributed by atoms with Crippen LogP contribution in [0.1, 0.15) is 37.8 Å². The summed E-state index contributed by atoms with van der Waals surface area (Å²) in [6.07, 6.45) is 2.35. The molecule has 7 heteroatoms. The van der Waals surface area contributed by atoms with E-state index in [2.05, 4.69) is 15.4 Å². The Morgan fingerprint density at radius 3 is 2.77 bits per heavy atom. The van der Waals surface area contributed by atoms with E-state index in [1.807, 2.05) is 0 Å². The maximum absolute atomic E-state index is 12.2. The first kappa shape index (κ1) is 16.5. The average molecular weight is 314 g/mol. The Kier molecular flexibility index (Phi) is 5.18. The molecule has 2 amide bonds. The molecule has 0 aliphatic heterocycles. The predicted octanol–water partition coefficient (Wildman–Crippen LogP) is 2.56. The van der Waals surface area contributed by atoms with Crippen LogP contribution in [0.2, 0.25) is 0 Å². The van der Waals surface area contributed by atoms with E-state index in [-0.39, 0.29) is 18.3 Å². The maximum Gasteiger partial charge on any atom is 0.387 e. The summed E-state index contributed by atoms with van der Waals surface area (Å²) in [6, 6.07) is 5.39. The van der Waals surface area contributed by atoms with Crippen molar-refractivity contribution in [3.63, 3.8) is 0 Å². The highest BCUT2D eigenvalue weighted by Crippen LogP contribution is 2.30. The van der Waals surface area contributed by atoms with Crippen molar-refractivity contribution >= 4 is 6.03 Å². The standard InChI is InChI=1S/C15H20F2N2O3/c1-10(11-4-2-5-12(8-11)22-13(16)17)19-14(20)18-9-15(21)6-3-7-15/h2,4-5,8,10,13,21H,3,6-7,9H2,1H3,(H2,18,19,20). The summed E-state index contributed by atoms with van der Waals surface area (Å²) in [6.45, 7) is -0.941. The number of alkyl halides is 2. The molecular formula is C15H20F2N2O3. The SMILES string of the molecule is CC(NC(=O)NCC1(O)CCC1)c1cccc(OC(F)F)c1. The molecule has 1 aromatic carbocycles. The van der Waals surface area contributed by atoms with Gasteiger partial charge in [-0.3, -0.25) is 0 Å². The normalized spacial score (nSPS) is 17.5. The quantitative estimate of drug-likeness (QED) is 0.756. The highest BCUT2D eigenvalue weighted by atomic mass is 19.3. The molecule has 1 aliphatic rings. The van der Waals surface area contributed by atoms with Gasteiger partial charge in [0.15, 0.2) is 0 Å². The highest BCUT2D eigenvalue weighted by Gasteiger charge is 2.34. The van der Waals surface area contributed by atoms with Gasteiger partial charge in [0, 0.05) is 6.54 Å². The van der Waals surface area contributed by atoms with E-state index in [1.165, 1.54) is 12.1 Å². The molecule has 3 N–H and O–H groups in total. The zero-order chi connectivity index (χ0) is 16.2. The van der Waals surface area contributed by atoms with Crippen LogP contribution in [0.15, 0.2) is 24.3 Å². The van der Waals surface area contributed by atoms with Gasteiger partial charge >= 0.3 is 12.6 Å². The molecule has 1 fully saturated rings. The van der Waals surface area contributed by atoms with Gasteiger partial charge in [0.2, 0.25) is 0 Å². The summed E-state index contributed by atoms with van der Waals surface area (Å²) in [5.74, 6) is 0.0466. The molecular weight excluding hydrogens is 294 g/mol. The van der Waals surface area contributed by atoms with Crippen molar-refractivity contribution in [2.75, 3.05) is 6.54 Å². The molecule has 0 heterocycles. The molecule has 122 valence electrons. The van der Waals surface area contributed by atoms with Crippen LogP contribution in [-0.2, 0) is 0 Å². The molecule has 0 spiro atoms. The number of urea groups is 1. The van der Waals surface area contributed by atoms with Gasteiger partial charge in [-0.2, -0.15) is 8.78 Å². The fourth-order valence-corrected chi connectivity index (χ4v) is 2.30. The monoisotopic (exact) mass is 314 g/mol. The molecule has 1 aromatic rings. The zero-order valence-corrected chi connectivity index (χ0v) is 12.3. The number of halogens is 2. The first-order chi connectivity index (χ1) is 10.4. The molecule has 22 heavy (non-hydrogen) atoms. The van der Waals surface area contributed by atoms with Crippen LogP contribution in [0, 0.1) is 0 Å². The van der Waals surface area contributed by atoms with Crippen molar-refractivity contribution in [2.24, 2.45) is 0 Å². The molecule has 1 atom stereocenters. The van der Waals surface area contributed by atoms with E-state index >= 15 is 0 Å². The smallest absolute Gasteiger partial charge is 0.387 e. The summed E-state index contributed by atoms with van der Waals surface area (Å²) in [5.41, 5.74) is -0.137. The van der Waals surface area contributed by atoms with Crippen molar-refractivity contribution in [3.05, 3.63) is 29.8 Å². The van der Waals surface area contributed by atoms with Crippen molar-refractivity contribution < 1.29 is 23.4 Å². The summed E-state index contributed by atoms with van der Waals surface area (Å²) >= 11 is 0. The van der Waals surface area contributed by atoms with Gasteiger partial charge in [-0.1, -0.05) is 12.1 Å². The number of carbonyl (C=O) groups is 1. The lowest BCUT2D eigenvalue weighted by atomic mass is 9.80. The van der Waals surface area contributed by atoms with Gasteiger partial charge in [0.1, 0.15) is 5.75 Å². The minimum atomic E-state index is -2.88. The lowest BCUT2D eigenvalue weighted by Gasteiger charge is -2.36. The molecule has 0 bridgehead atoms. The lowest BCUT2D eigenvalue weighted by Crippen LogP contribution is -2.50. The molecule has 1 unspecified atom stereocenters. The Bertz CT molecular complexity index is 521. The number of hydrogen-bond acceptors (Lipinski definition) is 3. The second-order valence-electron chi connectivity index (χ2n) is 5.58. The fraction of sp³-hybridized carbons (Fsp3) is 0.533. The number of amides is 2. The maximum atomic E-state index is 12.2. The van der Waals surface area contributed by atoms with Crippen molar-refractivity contribution in [1.82, 2.24) is 10.6 Å². The Morgan fingerprint density at radius 2 is 2.18 bits per heavy atom. The van der Waals surface area contributed by atoms with Crippen molar-refractivity contribution in [1.29, 1.82) is 0 Å². The predicted molar refractivity (Wildman–Crippen MR) is 76.8 cm³/mol. The third kappa shape index (κ3) is 4.56. The van der Waals surface area contributed by atoms with Gasteiger partial charge in [0.25, 0.3) is 0 Å². The van der Waals surface area contributed by atoms with Gasteiger partial charge in [-0.15, -0.1) is 0 Å². The van der Waals surface area contributed by atoms with Crippen LogP contribution in [0.4, 0.5) is 13.6 Å². The van der Waals surface area contributed by atoms with E-state index in [0.29, 0.717) is 18.4 Å². The van der Waals surface area contributed by atoms with E-state index < -0.39 is 18.2 Å². The first-order valence-electron chi connectivity index (χ1n) is 7.19. The van der Waals surface area contributed by atoms with E-state index in [4.69, 9.17) is 0 Å². The first-order valence-corrected chi connectivity index (χ1v) is 7.19. The molecule has 0 aromatic heterocycles. The molecule has 1 saturated carbocycles. The highest BCUT2D eigenvalue weighted by molar-refractivity contribution is 5.74. The third-order valence-corrected chi connectivity index (χ3v) is 3.79. The van der Waals surface area contributed by atoms with Crippen molar-refractivity contribution in [3.8, 4) is 5.75 Å². The number of hydrogen-bond donors (Lipinski definition) is 3. The van der Waals surface area contributed by atoms with Gasteiger partial charge in [-0.25, -0.2) is 4.79 Å². The summed E-state index contributed by atoms with van der Waals surface area (Å²) < 4.78 is 28.7. The summed E-state index contributed by atoms with van der Waals surface area (Å²) in [5, 5.41) is 15.2. The lowest BCUT2D eigenvalue weighted by molar-refractivity contribution is -0.0499. The Morgan fingerprint density at radius 1 is 1.45 bits per heavy atom. The second kappa shape index (κ2) is 6.91. The Balaban J connectivity index is 1.85. The van der Waals surface area contributed by atoms with E-state index in [9.17, 15) is 18.7 Å². The minimum Gasteiger partial charge on any atom is -0.435 e. The van der Waals surface area contributed by atoms with Crippen LogP contribution in [0.5, 0.6) is 5.75 Å². The third-order valence-electron chi connectivity index (χ3n) is 3.79. The number of carbonyl (C=O) groups excluding carboxylic acids is 1. The number of benzene rings is 1. The second-order valence-corrected chi connectivity index (χ2v) is 5.58. The molecule has 1 aliphatic carbocycles. The Labute approximate surface area is 127 Å². The van der Waals surface area contributed by atoms with Crippen LogP contribution in [-0.4, -0.2) is 29.9 Å². The van der Waals surface area contributed by atoms with Crippen LogP contribution >= 0.6 is 0 Å². The van der Waals surface area contributed by atoms with Gasteiger partial charge in [0.05, 0.1) is 11.6 Å². The molecule has 5 nitrogen and oxygen atoms in total. The largest absolute Gasteiger partial charge is 0.435 e. The molecule has 2 rings (SSSR count). The zero-order valence-electron chi connectivity index (χ0n) is 12.3. The Hall–Kier alpha value is -1.89. The number of aliphatic hydroxyl groups is 1. The number of nitrogens with one attached hydrogen (secondary N) is 2.